The number of esters is 1. The highest BCUT2D eigenvalue weighted by Crippen LogP contribution is 2.39. The largest absolute Gasteiger partial charge is 0.468 e. The number of methoxy groups -OCH3 is 1. The topological polar surface area (TPSA) is 41.6 Å². The SMILES string of the molecule is CCNC1(C(=O)OC)CCCC1CCN1CCCC1C. The predicted molar refractivity (Wildman–Crippen MR) is 80.7 cm³/mol. The molecule has 2 rings (SSSR count). The fourth-order valence-corrected chi connectivity index (χ4v) is 4.19. The Morgan fingerprint density at radius 1 is 1.40 bits per heavy atom. The Kier molecular flexibility index (Phi) is 5.44. The van der Waals surface area contributed by atoms with Crippen LogP contribution in [0.15, 0.2) is 0 Å². The standard InChI is InChI=1S/C16H30N2O2/c1-4-17-16(15(19)20-3)10-5-8-14(16)9-12-18-11-6-7-13(18)2/h13-14,17H,4-12H2,1-3H3. The lowest BCUT2D eigenvalue weighted by Gasteiger charge is -2.35. The third-order valence-electron chi connectivity index (χ3n) is 5.32. The molecule has 3 atom stereocenters. The van der Waals surface area contributed by atoms with Gasteiger partial charge in [-0.05, 0) is 64.6 Å². The van der Waals surface area contributed by atoms with Crippen molar-refractivity contribution >= 4 is 5.97 Å². The fraction of sp³-hybridized carbons (Fsp3) is 0.938. The third-order valence-corrected chi connectivity index (χ3v) is 5.32. The van der Waals surface area contributed by atoms with E-state index in [1.165, 1.54) is 26.5 Å². The molecular formula is C16H30N2O2. The van der Waals surface area contributed by atoms with Crippen molar-refractivity contribution < 1.29 is 9.53 Å². The Labute approximate surface area is 123 Å². The van der Waals surface area contributed by atoms with E-state index in [-0.39, 0.29) is 5.97 Å². The first-order valence-corrected chi connectivity index (χ1v) is 8.21. The van der Waals surface area contributed by atoms with Crippen LogP contribution in [0.25, 0.3) is 0 Å². The Hall–Kier alpha value is -0.610. The highest BCUT2D eigenvalue weighted by atomic mass is 16.5. The second-order valence-electron chi connectivity index (χ2n) is 6.40. The van der Waals surface area contributed by atoms with Crippen LogP contribution in [0.2, 0.25) is 0 Å². The van der Waals surface area contributed by atoms with Crippen LogP contribution in [0.3, 0.4) is 0 Å². The van der Waals surface area contributed by atoms with Crippen LogP contribution < -0.4 is 5.32 Å². The van der Waals surface area contributed by atoms with Crippen molar-refractivity contribution in [1.82, 2.24) is 10.2 Å². The molecule has 1 aliphatic heterocycles. The molecule has 1 N–H and O–H groups in total. The molecule has 1 heterocycles. The van der Waals surface area contributed by atoms with Gasteiger partial charge in [0.15, 0.2) is 0 Å². The number of carbonyl (C=O) groups excluding carboxylic acids is 1. The van der Waals surface area contributed by atoms with Gasteiger partial charge >= 0.3 is 5.97 Å². The average molecular weight is 282 g/mol. The van der Waals surface area contributed by atoms with Gasteiger partial charge < -0.3 is 15.0 Å². The maximum Gasteiger partial charge on any atom is 0.326 e. The van der Waals surface area contributed by atoms with E-state index in [0.717, 1.165) is 38.8 Å². The summed E-state index contributed by atoms with van der Waals surface area (Å²) in [5.41, 5.74) is -0.424. The molecule has 0 aromatic carbocycles. The molecule has 20 heavy (non-hydrogen) atoms. The van der Waals surface area contributed by atoms with Gasteiger partial charge in [-0.3, -0.25) is 4.79 Å². The van der Waals surface area contributed by atoms with Crippen molar-refractivity contribution in [2.75, 3.05) is 26.7 Å². The summed E-state index contributed by atoms with van der Waals surface area (Å²) in [7, 11) is 1.51. The predicted octanol–water partition coefficient (Wildman–Crippen LogP) is 2.18. The molecule has 1 aliphatic carbocycles. The summed E-state index contributed by atoms with van der Waals surface area (Å²) in [5.74, 6) is 0.360. The van der Waals surface area contributed by atoms with E-state index < -0.39 is 5.54 Å². The normalized spacial score (nSPS) is 34.5. The summed E-state index contributed by atoms with van der Waals surface area (Å²) in [6.45, 7) is 7.56. The monoisotopic (exact) mass is 282 g/mol. The van der Waals surface area contributed by atoms with Gasteiger partial charge in [0.25, 0.3) is 0 Å². The van der Waals surface area contributed by atoms with Crippen LogP contribution in [0.5, 0.6) is 0 Å². The van der Waals surface area contributed by atoms with E-state index in [0.29, 0.717) is 12.0 Å². The van der Waals surface area contributed by atoms with Gasteiger partial charge in [-0.2, -0.15) is 0 Å². The van der Waals surface area contributed by atoms with Gasteiger partial charge in [0.2, 0.25) is 0 Å². The van der Waals surface area contributed by atoms with Crippen LogP contribution >= 0.6 is 0 Å². The molecule has 2 fully saturated rings. The first-order chi connectivity index (χ1) is 9.64. The number of nitrogens with zero attached hydrogens (tertiary/aromatic N) is 1. The zero-order valence-electron chi connectivity index (χ0n) is 13.3. The number of carbonyl (C=O) groups is 1. The van der Waals surface area contributed by atoms with Gasteiger partial charge in [-0.15, -0.1) is 0 Å². The van der Waals surface area contributed by atoms with Gasteiger partial charge in [0, 0.05) is 6.04 Å². The summed E-state index contributed by atoms with van der Waals surface area (Å²) < 4.78 is 5.10. The number of likely N-dealkylation sites (N-methyl/N-ethyl adjacent to an activating group) is 1. The zero-order chi connectivity index (χ0) is 14.6. The van der Waals surface area contributed by atoms with Crippen LogP contribution in [-0.4, -0.2) is 49.2 Å². The molecule has 4 nitrogen and oxygen atoms in total. The lowest BCUT2D eigenvalue weighted by atomic mass is 9.84. The summed E-state index contributed by atoms with van der Waals surface area (Å²) in [6, 6.07) is 0.711. The number of nitrogens with one attached hydrogen (secondary N) is 1. The molecular weight excluding hydrogens is 252 g/mol. The summed E-state index contributed by atoms with van der Waals surface area (Å²) in [4.78, 5) is 14.9. The summed E-state index contributed by atoms with van der Waals surface area (Å²) >= 11 is 0. The minimum absolute atomic E-state index is 0.0590. The summed E-state index contributed by atoms with van der Waals surface area (Å²) in [5, 5.41) is 3.45. The average Bonchev–Trinajstić information content (AvgIpc) is 3.03. The Morgan fingerprint density at radius 3 is 2.80 bits per heavy atom. The van der Waals surface area contributed by atoms with E-state index in [1.54, 1.807) is 0 Å². The lowest BCUT2D eigenvalue weighted by molar-refractivity contribution is -0.150. The van der Waals surface area contributed by atoms with Crippen molar-refractivity contribution in [2.24, 2.45) is 5.92 Å². The third kappa shape index (κ3) is 3.01. The van der Waals surface area contributed by atoms with E-state index in [9.17, 15) is 4.79 Å². The Morgan fingerprint density at radius 2 is 2.20 bits per heavy atom. The maximum absolute atomic E-state index is 12.3. The quantitative estimate of drug-likeness (QED) is 0.758. The highest BCUT2D eigenvalue weighted by Gasteiger charge is 2.49. The van der Waals surface area contributed by atoms with Gasteiger partial charge in [0.05, 0.1) is 7.11 Å². The minimum atomic E-state index is -0.424. The molecule has 0 amide bonds. The molecule has 2 aliphatic rings. The minimum Gasteiger partial charge on any atom is -0.468 e. The Bertz CT molecular complexity index is 334. The van der Waals surface area contributed by atoms with Gasteiger partial charge in [0.1, 0.15) is 5.54 Å². The molecule has 0 radical (unpaired) electrons. The van der Waals surface area contributed by atoms with E-state index >= 15 is 0 Å². The number of hydrogen-bond acceptors (Lipinski definition) is 4. The Balaban J connectivity index is 1.98. The molecule has 116 valence electrons. The molecule has 0 bridgehead atoms. The van der Waals surface area contributed by atoms with Crippen molar-refractivity contribution in [3.63, 3.8) is 0 Å². The molecule has 4 heteroatoms. The van der Waals surface area contributed by atoms with E-state index in [2.05, 4.69) is 24.1 Å². The molecule has 0 aromatic rings. The van der Waals surface area contributed by atoms with Crippen LogP contribution in [0.1, 0.15) is 52.4 Å². The number of rotatable bonds is 6. The summed E-state index contributed by atoms with van der Waals surface area (Å²) in [6.07, 6.45) is 6.94. The van der Waals surface area contributed by atoms with Crippen LogP contribution in [0, 0.1) is 5.92 Å². The van der Waals surface area contributed by atoms with E-state index in [4.69, 9.17) is 4.74 Å². The second kappa shape index (κ2) is 6.90. The van der Waals surface area contributed by atoms with Gasteiger partial charge in [-0.25, -0.2) is 0 Å². The zero-order valence-corrected chi connectivity index (χ0v) is 13.3. The molecule has 3 unspecified atom stereocenters. The first kappa shape index (κ1) is 15.8. The van der Waals surface area contributed by atoms with Crippen molar-refractivity contribution in [3.05, 3.63) is 0 Å². The lowest BCUT2D eigenvalue weighted by Crippen LogP contribution is -2.55. The number of hydrogen-bond donors (Lipinski definition) is 1. The van der Waals surface area contributed by atoms with Crippen molar-refractivity contribution in [2.45, 2.75) is 64.0 Å². The number of ether oxygens (including phenoxy) is 1. The number of likely N-dealkylation sites (tertiary alicyclic amines) is 1. The van der Waals surface area contributed by atoms with Crippen molar-refractivity contribution in [1.29, 1.82) is 0 Å². The molecule has 0 aromatic heterocycles. The first-order valence-electron chi connectivity index (χ1n) is 8.21. The van der Waals surface area contributed by atoms with Gasteiger partial charge in [-0.1, -0.05) is 13.3 Å². The smallest absolute Gasteiger partial charge is 0.326 e. The second-order valence-corrected chi connectivity index (χ2v) is 6.40. The van der Waals surface area contributed by atoms with Crippen LogP contribution in [0.4, 0.5) is 0 Å². The highest BCUT2D eigenvalue weighted by molar-refractivity contribution is 5.81. The van der Waals surface area contributed by atoms with Crippen molar-refractivity contribution in [3.8, 4) is 0 Å². The maximum atomic E-state index is 12.3. The fourth-order valence-electron chi connectivity index (χ4n) is 4.19. The van der Waals surface area contributed by atoms with E-state index in [1.807, 2.05) is 0 Å². The molecule has 1 saturated heterocycles. The molecule has 0 spiro atoms. The molecule has 1 saturated carbocycles. The van der Waals surface area contributed by atoms with Crippen LogP contribution in [-0.2, 0) is 9.53 Å².